The number of carbonyl (C=O) groups excluding carboxylic acids is 1. The van der Waals surface area contributed by atoms with Gasteiger partial charge >= 0.3 is 0 Å². The average molecular weight is 318 g/mol. The van der Waals surface area contributed by atoms with Gasteiger partial charge < -0.3 is 20.6 Å². The van der Waals surface area contributed by atoms with E-state index in [-0.39, 0.29) is 42.5 Å². The van der Waals surface area contributed by atoms with Crippen molar-refractivity contribution < 1.29 is 19.1 Å². The number of hydrogen-bond donors (Lipinski definition) is 2. The Bertz CT molecular complexity index is 505. The average Bonchev–Trinajstić information content (AvgIpc) is 2.46. The van der Waals surface area contributed by atoms with Gasteiger partial charge in [-0.1, -0.05) is 22.8 Å². The molecule has 116 valence electrons. The number of nitrogens with two attached hydrogens (primary N) is 1. The van der Waals surface area contributed by atoms with Crippen molar-refractivity contribution in [1.29, 1.82) is 0 Å². The van der Waals surface area contributed by atoms with Gasteiger partial charge in [0.05, 0.1) is 17.2 Å². The van der Waals surface area contributed by atoms with Crippen LogP contribution in [-0.4, -0.2) is 48.7 Å². The minimum absolute atomic E-state index is 0.0233. The van der Waals surface area contributed by atoms with Gasteiger partial charge in [0.15, 0.2) is 0 Å². The third-order valence-corrected chi connectivity index (χ3v) is 3.11. The maximum atomic E-state index is 13.8. The number of halogens is 2. The Morgan fingerprint density at radius 3 is 2.81 bits per heavy atom. The summed E-state index contributed by atoms with van der Waals surface area (Å²) in [5.41, 5.74) is 5.18. The number of oxime groups is 1. The van der Waals surface area contributed by atoms with E-state index in [1.54, 1.807) is 0 Å². The molecule has 1 amide bonds. The van der Waals surface area contributed by atoms with E-state index < -0.39 is 11.7 Å². The second-order valence-corrected chi connectivity index (χ2v) is 4.63. The molecular weight excluding hydrogens is 301 g/mol. The lowest BCUT2D eigenvalue weighted by Gasteiger charge is -2.23. The highest BCUT2D eigenvalue weighted by molar-refractivity contribution is 6.33. The lowest BCUT2D eigenvalue weighted by molar-refractivity contribution is 0.0696. The Hall–Kier alpha value is -1.86. The van der Waals surface area contributed by atoms with Gasteiger partial charge in [-0.2, -0.15) is 0 Å². The predicted octanol–water partition coefficient (Wildman–Crippen LogP) is 1.70. The van der Waals surface area contributed by atoms with Gasteiger partial charge in [-0.3, -0.25) is 4.79 Å². The molecule has 0 fully saturated rings. The summed E-state index contributed by atoms with van der Waals surface area (Å²) in [7, 11) is 1.49. The molecule has 3 N–H and O–H groups in total. The largest absolute Gasteiger partial charge is 0.409 e. The summed E-state index contributed by atoms with van der Waals surface area (Å²) in [6.07, 6.45) is 0.151. The normalized spacial score (nSPS) is 11.5. The van der Waals surface area contributed by atoms with Crippen molar-refractivity contribution in [2.45, 2.75) is 6.42 Å². The van der Waals surface area contributed by atoms with Crippen LogP contribution >= 0.6 is 11.6 Å². The first kappa shape index (κ1) is 17.2. The zero-order chi connectivity index (χ0) is 15.8. The third kappa shape index (κ3) is 4.87. The SMILES string of the molecule is COCCN(CCC(N)=NO)C(=O)c1c(F)cccc1Cl. The molecule has 0 saturated heterocycles. The summed E-state index contributed by atoms with van der Waals surface area (Å²) >= 11 is 5.89. The van der Waals surface area contributed by atoms with Crippen molar-refractivity contribution >= 4 is 23.3 Å². The number of amidine groups is 1. The van der Waals surface area contributed by atoms with Gasteiger partial charge in [0.25, 0.3) is 5.91 Å². The van der Waals surface area contributed by atoms with Crippen LogP contribution in [0.15, 0.2) is 23.4 Å². The molecule has 0 bridgehead atoms. The Morgan fingerprint density at radius 1 is 1.52 bits per heavy atom. The van der Waals surface area contributed by atoms with Gasteiger partial charge in [-0.15, -0.1) is 0 Å². The lowest BCUT2D eigenvalue weighted by Crippen LogP contribution is -2.37. The van der Waals surface area contributed by atoms with Crippen molar-refractivity contribution in [1.82, 2.24) is 4.90 Å². The van der Waals surface area contributed by atoms with Crippen molar-refractivity contribution in [3.63, 3.8) is 0 Å². The molecule has 6 nitrogen and oxygen atoms in total. The summed E-state index contributed by atoms with van der Waals surface area (Å²) in [6, 6.07) is 4.03. The number of hydrogen-bond acceptors (Lipinski definition) is 4. The zero-order valence-corrected chi connectivity index (χ0v) is 12.3. The van der Waals surface area contributed by atoms with Gasteiger partial charge in [-0.05, 0) is 12.1 Å². The van der Waals surface area contributed by atoms with Gasteiger partial charge in [-0.25, -0.2) is 4.39 Å². The van der Waals surface area contributed by atoms with Crippen molar-refractivity contribution in [3.05, 3.63) is 34.6 Å². The molecule has 0 aliphatic heterocycles. The van der Waals surface area contributed by atoms with E-state index in [0.29, 0.717) is 0 Å². The molecule has 8 heteroatoms. The molecule has 0 saturated carbocycles. The quantitative estimate of drug-likeness (QED) is 0.347. The molecular formula is C13H17ClFN3O3. The number of ether oxygens (including phenoxy) is 1. The van der Waals surface area contributed by atoms with Gasteiger partial charge in [0.1, 0.15) is 11.7 Å². The van der Waals surface area contributed by atoms with E-state index in [2.05, 4.69) is 5.16 Å². The molecule has 0 aromatic heterocycles. The van der Waals surface area contributed by atoms with E-state index in [0.717, 1.165) is 6.07 Å². The molecule has 1 rings (SSSR count). The minimum Gasteiger partial charge on any atom is -0.409 e. The first-order valence-electron chi connectivity index (χ1n) is 6.19. The summed E-state index contributed by atoms with van der Waals surface area (Å²) < 4.78 is 18.7. The van der Waals surface area contributed by atoms with E-state index in [4.69, 9.17) is 27.3 Å². The van der Waals surface area contributed by atoms with Crippen molar-refractivity contribution in [3.8, 4) is 0 Å². The predicted molar refractivity (Wildman–Crippen MR) is 77.2 cm³/mol. The van der Waals surface area contributed by atoms with Crippen LogP contribution in [0.2, 0.25) is 5.02 Å². The minimum atomic E-state index is -0.696. The molecule has 0 radical (unpaired) electrons. The van der Waals surface area contributed by atoms with Gasteiger partial charge in [0.2, 0.25) is 0 Å². The first-order valence-corrected chi connectivity index (χ1v) is 6.57. The highest BCUT2D eigenvalue weighted by Gasteiger charge is 2.22. The standard InChI is InChI=1S/C13H17ClFN3O3/c1-21-8-7-18(6-5-11(16)17-20)13(19)12-9(14)3-2-4-10(12)15/h2-4,20H,5-8H2,1H3,(H2,16,17). The molecule has 0 aliphatic rings. The highest BCUT2D eigenvalue weighted by Crippen LogP contribution is 2.21. The molecule has 21 heavy (non-hydrogen) atoms. The Kier molecular flexibility index (Phi) is 6.90. The van der Waals surface area contributed by atoms with Crippen LogP contribution in [0.4, 0.5) is 4.39 Å². The summed E-state index contributed by atoms with van der Waals surface area (Å²) in [6.45, 7) is 0.662. The summed E-state index contributed by atoms with van der Waals surface area (Å²) in [5, 5.41) is 11.4. The van der Waals surface area contributed by atoms with Gasteiger partial charge in [0, 0.05) is 26.6 Å². The fraction of sp³-hybridized carbons (Fsp3) is 0.385. The van der Waals surface area contributed by atoms with E-state index in [1.807, 2.05) is 0 Å². The molecule has 0 aliphatic carbocycles. The lowest BCUT2D eigenvalue weighted by atomic mass is 10.1. The maximum Gasteiger partial charge on any atom is 0.258 e. The monoisotopic (exact) mass is 317 g/mol. The van der Waals surface area contributed by atoms with Crippen LogP contribution < -0.4 is 5.73 Å². The van der Waals surface area contributed by atoms with Crippen molar-refractivity contribution in [2.24, 2.45) is 10.9 Å². The second kappa shape index (κ2) is 8.43. The zero-order valence-electron chi connectivity index (χ0n) is 11.6. The third-order valence-electron chi connectivity index (χ3n) is 2.80. The van der Waals surface area contributed by atoms with Crippen molar-refractivity contribution in [2.75, 3.05) is 26.8 Å². The second-order valence-electron chi connectivity index (χ2n) is 4.22. The van der Waals surface area contributed by atoms with E-state index in [1.165, 1.54) is 24.1 Å². The fourth-order valence-electron chi connectivity index (χ4n) is 1.68. The smallest absolute Gasteiger partial charge is 0.258 e. The number of rotatable bonds is 7. The number of amides is 1. The molecule has 0 unspecified atom stereocenters. The summed E-state index contributed by atoms with van der Waals surface area (Å²) in [5.74, 6) is -1.29. The van der Waals surface area contributed by atoms with Crippen LogP contribution in [0.5, 0.6) is 0 Å². The molecule has 1 aromatic rings. The summed E-state index contributed by atoms with van der Waals surface area (Å²) in [4.78, 5) is 13.7. The molecule has 1 aromatic carbocycles. The number of carbonyl (C=O) groups is 1. The Labute approximate surface area is 126 Å². The van der Waals surface area contributed by atoms with E-state index in [9.17, 15) is 9.18 Å². The first-order chi connectivity index (χ1) is 10.0. The van der Waals surface area contributed by atoms with Crippen LogP contribution in [0, 0.1) is 5.82 Å². The topological polar surface area (TPSA) is 88.2 Å². The number of methoxy groups -OCH3 is 1. The van der Waals surface area contributed by atoms with Crippen LogP contribution in [0.3, 0.4) is 0 Å². The fourth-order valence-corrected chi connectivity index (χ4v) is 1.92. The van der Waals surface area contributed by atoms with Crippen LogP contribution in [-0.2, 0) is 4.74 Å². The van der Waals surface area contributed by atoms with E-state index >= 15 is 0 Å². The highest BCUT2D eigenvalue weighted by atomic mass is 35.5. The molecule has 0 atom stereocenters. The Morgan fingerprint density at radius 2 is 2.24 bits per heavy atom. The Balaban J connectivity index is 2.93. The van der Waals surface area contributed by atoms with Crippen LogP contribution in [0.1, 0.15) is 16.8 Å². The maximum absolute atomic E-state index is 13.8. The number of benzene rings is 1. The molecule has 0 spiro atoms. The molecule has 0 heterocycles. The number of nitrogens with zero attached hydrogens (tertiary/aromatic N) is 2. The van der Waals surface area contributed by atoms with Crippen LogP contribution in [0.25, 0.3) is 0 Å².